The zero-order valence-electron chi connectivity index (χ0n) is 12.7. The molecule has 2 rings (SSSR count). The molecule has 1 aliphatic rings. The van der Waals surface area contributed by atoms with Gasteiger partial charge in [0.15, 0.2) is 0 Å². The Balaban J connectivity index is 1.71. The van der Waals surface area contributed by atoms with Crippen molar-refractivity contribution < 1.29 is 14.6 Å². The fourth-order valence-electron chi connectivity index (χ4n) is 2.71. The summed E-state index contributed by atoms with van der Waals surface area (Å²) in [5.74, 6) is 7.08. The van der Waals surface area contributed by atoms with Crippen LogP contribution in [-0.4, -0.2) is 31.0 Å². The molecule has 1 saturated carbocycles. The minimum Gasteiger partial charge on any atom is -0.491 e. The van der Waals surface area contributed by atoms with Gasteiger partial charge in [0.05, 0.1) is 12.7 Å². The van der Waals surface area contributed by atoms with Crippen molar-refractivity contribution in [2.45, 2.75) is 38.7 Å². The number of hydrogen-bond acceptors (Lipinski definition) is 3. The Morgan fingerprint density at radius 3 is 3.00 bits per heavy atom. The summed E-state index contributed by atoms with van der Waals surface area (Å²) in [5, 5.41) is 8.69. The number of benzene rings is 1. The molecule has 1 aliphatic carbocycles. The molecular formula is C18H24O3. The van der Waals surface area contributed by atoms with Crippen LogP contribution in [0.25, 0.3) is 0 Å². The van der Waals surface area contributed by atoms with Crippen LogP contribution in [0.1, 0.15) is 38.2 Å². The van der Waals surface area contributed by atoms with Crippen LogP contribution in [0, 0.1) is 17.8 Å². The van der Waals surface area contributed by atoms with Crippen molar-refractivity contribution in [2.24, 2.45) is 5.92 Å². The molecule has 0 radical (unpaired) electrons. The van der Waals surface area contributed by atoms with E-state index in [-0.39, 0.29) is 6.61 Å². The van der Waals surface area contributed by atoms with Crippen LogP contribution in [0.4, 0.5) is 0 Å². The van der Waals surface area contributed by atoms with E-state index in [1.54, 1.807) is 0 Å². The summed E-state index contributed by atoms with van der Waals surface area (Å²) in [5.41, 5.74) is 0.851. The fourth-order valence-corrected chi connectivity index (χ4v) is 2.71. The van der Waals surface area contributed by atoms with E-state index in [1.807, 2.05) is 24.3 Å². The Hall–Kier alpha value is -1.50. The molecule has 1 N–H and O–H groups in total. The minimum absolute atomic E-state index is 0.126. The first kappa shape index (κ1) is 15.9. The van der Waals surface area contributed by atoms with Crippen molar-refractivity contribution >= 4 is 0 Å². The predicted octanol–water partition coefficient (Wildman–Crippen LogP) is 3.00. The number of aliphatic hydroxyl groups is 1. The van der Waals surface area contributed by atoms with E-state index >= 15 is 0 Å². The molecule has 2 unspecified atom stereocenters. The van der Waals surface area contributed by atoms with Crippen LogP contribution >= 0.6 is 0 Å². The molecule has 0 saturated heterocycles. The van der Waals surface area contributed by atoms with Gasteiger partial charge < -0.3 is 14.6 Å². The van der Waals surface area contributed by atoms with Crippen molar-refractivity contribution in [3.05, 3.63) is 29.8 Å². The fraction of sp³-hybridized carbons (Fsp3) is 0.556. The number of ether oxygens (including phenoxy) is 2. The third kappa shape index (κ3) is 5.79. The highest BCUT2D eigenvalue weighted by atomic mass is 16.5. The Kier molecular flexibility index (Phi) is 6.59. The van der Waals surface area contributed by atoms with Gasteiger partial charge >= 0.3 is 0 Å². The molecule has 0 aliphatic heterocycles. The average molecular weight is 288 g/mol. The third-order valence-corrected chi connectivity index (χ3v) is 3.74. The van der Waals surface area contributed by atoms with Crippen molar-refractivity contribution in [2.75, 3.05) is 19.8 Å². The predicted molar refractivity (Wildman–Crippen MR) is 83.3 cm³/mol. The van der Waals surface area contributed by atoms with Crippen LogP contribution in [-0.2, 0) is 4.74 Å². The maximum atomic E-state index is 8.69. The van der Waals surface area contributed by atoms with Crippen LogP contribution in [0.5, 0.6) is 5.75 Å². The molecule has 3 nitrogen and oxygen atoms in total. The molecule has 0 aromatic heterocycles. The van der Waals surface area contributed by atoms with E-state index in [4.69, 9.17) is 14.6 Å². The SMILES string of the molecule is CC1CCCC(OCCOc2cccc(C#CCO)c2)C1. The number of hydrogen-bond donors (Lipinski definition) is 1. The van der Waals surface area contributed by atoms with E-state index in [0.29, 0.717) is 19.3 Å². The Morgan fingerprint density at radius 2 is 2.19 bits per heavy atom. The second-order valence-corrected chi connectivity index (χ2v) is 5.60. The van der Waals surface area contributed by atoms with E-state index in [2.05, 4.69) is 18.8 Å². The monoisotopic (exact) mass is 288 g/mol. The standard InChI is InChI=1S/C18H24O3/c1-15-5-2-8-17(13-15)20-11-12-21-18-9-3-6-16(14-18)7-4-10-19/h3,6,9,14-15,17,19H,2,5,8,10-13H2,1H3. The first-order valence-corrected chi connectivity index (χ1v) is 7.72. The summed E-state index contributed by atoms with van der Waals surface area (Å²) < 4.78 is 11.6. The second-order valence-electron chi connectivity index (χ2n) is 5.60. The molecule has 0 bridgehead atoms. The summed E-state index contributed by atoms with van der Waals surface area (Å²) in [6.07, 6.45) is 5.36. The molecular weight excluding hydrogens is 264 g/mol. The van der Waals surface area contributed by atoms with Crippen LogP contribution in [0.3, 0.4) is 0 Å². The highest BCUT2D eigenvalue weighted by molar-refractivity contribution is 5.39. The topological polar surface area (TPSA) is 38.7 Å². The lowest BCUT2D eigenvalue weighted by Gasteiger charge is -2.26. The quantitative estimate of drug-likeness (QED) is 0.668. The van der Waals surface area contributed by atoms with Crippen LogP contribution in [0.15, 0.2) is 24.3 Å². The van der Waals surface area contributed by atoms with Gasteiger partial charge in [0.1, 0.15) is 19.0 Å². The Bertz CT molecular complexity index is 487. The molecule has 114 valence electrons. The molecule has 1 fully saturated rings. The molecule has 0 spiro atoms. The molecule has 21 heavy (non-hydrogen) atoms. The number of aliphatic hydroxyl groups excluding tert-OH is 1. The van der Waals surface area contributed by atoms with E-state index in [1.165, 1.54) is 25.7 Å². The normalized spacial score (nSPS) is 21.4. The molecule has 0 heterocycles. The van der Waals surface area contributed by atoms with Crippen LogP contribution < -0.4 is 4.74 Å². The third-order valence-electron chi connectivity index (χ3n) is 3.74. The number of rotatable bonds is 5. The summed E-state index contributed by atoms with van der Waals surface area (Å²) in [7, 11) is 0. The first-order chi connectivity index (χ1) is 10.3. The van der Waals surface area contributed by atoms with Gasteiger partial charge in [-0.2, -0.15) is 0 Å². The zero-order valence-corrected chi connectivity index (χ0v) is 12.7. The van der Waals surface area contributed by atoms with Crippen molar-refractivity contribution in [3.63, 3.8) is 0 Å². The summed E-state index contributed by atoms with van der Waals surface area (Å²) >= 11 is 0. The van der Waals surface area contributed by atoms with E-state index < -0.39 is 0 Å². The lowest BCUT2D eigenvalue weighted by atomic mass is 9.89. The largest absolute Gasteiger partial charge is 0.491 e. The molecule has 1 aromatic carbocycles. The van der Waals surface area contributed by atoms with Crippen molar-refractivity contribution in [1.82, 2.24) is 0 Å². The van der Waals surface area contributed by atoms with Crippen molar-refractivity contribution in [1.29, 1.82) is 0 Å². The summed E-state index contributed by atoms with van der Waals surface area (Å²) in [6.45, 7) is 3.36. The van der Waals surface area contributed by atoms with Gasteiger partial charge in [0.2, 0.25) is 0 Å². The highest BCUT2D eigenvalue weighted by Gasteiger charge is 2.18. The van der Waals surface area contributed by atoms with Gasteiger partial charge in [-0.15, -0.1) is 0 Å². The van der Waals surface area contributed by atoms with Gasteiger partial charge in [0, 0.05) is 5.56 Å². The lowest BCUT2D eigenvalue weighted by molar-refractivity contribution is 0.00196. The zero-order chi connectivity index (χ0) is 14.9. The van der Waals surface area contributed by atoms with Gasteiger partial charge in [-0.05, 0) is 37.0 Å². The Morgan fingerprint density at radius 1 is 1.29 bits per heavy atom. The molecule has 2 atom stereocenters. The van der Waals surface area contributed by atoms with Gasteiger partial charge in [-0.1, -0.05) is 37.7 Å². The molecule has 1 aromatic rings. The summed E-state index contributed by atoms with van der Waals surface area (Å²) in [4.78, 5) is 0. The molecule has 3 heteroatoms. The average Bonchev–Trinajstić information content (AvgIpc) is 2.50. The van der Waals surface area contributed by atoms with Crippen LogP contribution in [0.2, 0.25) is 0 Å². The first-order valence-electron chi connectivity index (χ1n) is 7.72. The maximum absolute atomic E-state index is 8.69. The van der Waals surface area contributed by atoms with E-state index in [9.17, 15) is 0 Å². The van der Waals surface area contributed by atoms with E-state index in [0.717, 1.165) is 17.2 Å². The smallest absolute Gasteiger partial charge is 0.120 e. The minimum atomic E-state index is -0.126. The Labute approximate surface area is 127 Å². The molecule has 0 amide bonds. The second kappa shape index (κ2) is 8.71. The van der Waals surface area contributed by atoms with Gasteiger partial charge in [-0.25, -0.2) is 0 Å². The lowest BCUT2D eigenvalue weighted by Crippen LogP contribution is -2.23. The van der Waals surface area contributed by atoms with Gasteiger partial charge in [-0.3, -0.25) is 0 Å². The highest BCUT2D eigenvalue weighted by Crippen LogP contribution is 2.25. The van der Waals surface area contributed by atoms with Crippen molar-refractivity contribution in [3.8, 4) is 17.6 Å². The maximum Gasteiger partial charge on any atom is 0.120 e. The van der Waals surface area contributed by atoms with Gasteiger partial charge in [0.25, 0.3) is 0 Å². The summed E-state index contributed by atoms with van der Waals surface area (Å²) in [6, 6.07) is 7.59.